The SMILES string of the molecule is CCC1CCC(CN)(C(O)(CC)C2CC2)C1. The second-order valence-corrected chi connectivity index (χ2v) is 6.05. The molecule has 2 aliphatic carbocycles. The summed E-state index contributed by atoms with van der Waals surface area (Å²) in [5, 5.41) is 11.0. The zero-order valence-electron chi connectivity index (χ0n) is 10.8. The molecule has 0 aromatic heterocycles. The van der Waals surface area contributed by atoms with Crippen molar-refractivity contribution in [3.05, 3.63) is 0 Å². The number of aliphatic hydroxyl groups is 1. The van der Waals surface area contributed by atoms with Crippen LogP contribution in [0.2, 0.25) is 0 Å². The molecule has 0 heterocycles. The molecule has 2 rings (SSSR count). The summed E-state index contributed by atoms with van der Waals surface area (Å²) in [7, 11) is 0. The minimum Gasteiger partial charge on any atom is -0.389 e. The minimum atomic E-state index is -0.467. The molecule has 2 heteroatoms. The predicted octanol–water partition coefficient (Wildman–Crippen LogP) is 2.69. The van der Waals surface area contributed by atoms with Crippen LogP contribution in [0.25, 0.3) is 0 Å². The average molecular weight is 225 g/mol. The van der Waals surface area contributed by atoms with E-state index in [2.05, 4.69) is 13.8 Å². The molecule has 2 aliphatic rings. The Kier molecular flexibility index (Phi) is 3.33. The van der Waals surface area contributed by atoms with Crippen molar-refractivity contribution in [2.45, 2.75) is 64.4 Å². The Bertz CT molecular complexity index is 251. The summed E-state index contributed by atoms with van der Waals surface area (Å²) in [6, 6.07) is 0. The molecular weight excluding hydrogens is 198 g/mol. The van der Waals surface area contributed by atoms with Gasteiger partial charge in [0, 0.05) is 12.0 Å². The molecule has 3 atom stereocenters. The Morgan fingerprint density at radius 2 is 2.00 bits per heavy atom. The fourth-order valence-corrected chi connectivity index (χ4v) is 4.00. The van der Waals surface area contributed by atoms with E-state index in [-0.39, 0.29) is 5.41 Å². The van der Waals surface area contributed by atoms with E-state index in [0.717, 1.165) is 25.2 Å². The number of nitrogens with two attached hydrogens (primary N) is 1. The summed E-state index contributed by atoms with van der Waals surface area (Å²) in [5.74, 6) is 1.33. The fraction of sp³-hybridized carbons (Fsp3) is 1.00. The van der Waals surface area contributed by atoms with Gasteiger partial charge in [0.1, 0.15) is 0 Å². The summed E-state index contributed by atoms with van der Waals surface area (Å²) >= 11 is 0. The van der Waals surface area contributed by atoms with E-state index in [1.165, 1.54) is 25.7 Å². The molecule has 3 unspecified atom stereocenters. The molecular formula is C14H27NO. The molecule has 2 saturated carbocycles. The molecule has 3 N–H and O–H groups in total. The summed E-state index contributed by atoms with van der Waals surface area (Å²) < 4.78 is 0. The monoisotopic (exact) mass is 225 g/mol. The smallest absolute Gasteiger partial charge is 0.0741 e. The van der Waals surface area contributed by atoms with Gasteiger partial charge in [0.2, 0.25) is 0 Å². The fourth-order valence-electron chi connectivity index (χ4n) is 4.00. The lowest BCUT2D eigenvalue weighted by Crippen LogP contribution is -2.52. The summed E-state index contributed by atoms with van der Waals surface area (Å²) in [5.41, 5.74) is 5.62. The first-order valence-electron chi connectivity index (χ1n) is 7.04. The van der Waals surface area contributed by atoms with Crippen LogP contribution < -0.4 is 5.73 Å². The van der Waals surface area contributed by atoms with Crippen molar-refractivity contribution in [1.82, 2.24) is 0 Å². The molecule has 0 aliphatic heterocycles. The van der Waals surface area contributed by atoms with Crippen LogP contribution in [-0.4, -0.2) is 17.3 Å². The summed E-state index contributed by atoms with van der Waals surface area (Å²) in [6.45, 7) is 5.07. The maximum absolute atomic E-state index is 11.0. The molecule has 2 fully saturated rings. The van der Waals surface area contributed by atoms with Gasteiger partial charge < -0.3 is 10.8 Å². The van der Waals surface area contributed by atoms with Crippen LogP contribution in [0.4, 0.5) is 0 Å². The zero-order valence-corrected chi connectivity index (χ0v) is 10.8. The van der Waals surface area contributed by atoms with Crippen molar-refractivity contribution < 1.29 is 5.11 Å². The van der Waals surface area contributed by atoms with E-state index in [9.17, 15) is 5.11 Å². The van der Waals surface area contributed by atoms with Crippen LogP contribution in [-0.2, 0) is 0 Å². The number of hydrogen-bond donors (Lipinski definition) is 2. The minimum absolute atomic E-state index is 0.0313. The van der Waals surface area contributed by atoms with Gasteiger partial charge in [-0.2, -0.15) is 0 Å². The van der Waals surface area contributed by atoms with Crippen LogP contribution in [0.5, 0.6) is 0 Å². The second kappa shape index (κ2) is 4.30. The van der Waals surface area contributed by atoms with Gasteiger partial charge >= 0.3 is 0 Å². The third kappa shape index (κ3) is 1.70. The summed E-state index contributed by atoms with van der Waals surface area (Å²) in [4.78, 5) is 0. The van der Waals surface area contributed by atoms with Crippen LogP contribution >= 0.6 is 0 Å². The largest absolute Gasteiger partial charge is 0.389 e. The predicted molar refractivity (Wildman–Crippen MR) is 67.1 cm³/mol. The molecule has 0 bridgehead atoms. The quantitative estimate of drug-likeness (QED) is 0.755. The zero-order chi connectivity index (χ0) is 11.8. The lowest BCUT2D eigenvalue weighted by atomic mass is 9.66. The van der Waals surface area contributed by atoms with E-state index in [1.54, 1.807) is 0 Å². The third-order valence-electron chi connectivity index (χ3n) is 5.39. The third-order valence-corrected chi connectivity index (χ3v) is 5.39. The molecule has 0 radical (unpaired) electrons. The van der Waals surface area contributed by atoms with Gasteiger partial charge in [-0.3, -0.25) is 0 Å². The van der Waals surface area contributed by atoms with Crippen LogP contribution in [0.3, 0.4) is 0 Å². The normalized spacial score (nSPS) is 38.6. The van der Waals surface area contributed by atoms with Gasteiger partial charge in [-0.25, -0.2) is 0 Å². The van der Waals surface area contributed by atoms with Crippen molar-refractivity contribution in [2.24, 2.45) is 23.0 Å². The van der Waals surface area contributed by atoms with E-state index in [0.29, 0.717) is 12.5 Å². The van der Waals surface area contributed by atoms with Gasteiger partial charge in [0.15, 0.2) is 0 Å². The van der Waals surface area contributed by atoms with Crippen LogP contribution in [0, 0.1) is 17.3 Å². The highest BCUT2D eigenvalue weighted by molar-refractivity contribution is 5.09. The Morgan fingerprint density at radius 1 is 1.31 bits per heavy atom. The number of hydrogen-bond acceptors (Lipinski definition) is 2. The molecule has 0 aromatic rings. The number of rotatable bonds is 5. The van der Waals surface area contributed by atoms with Gasteiger partial charge in [0.05, 0.1) is 5.60 Å². The Morgan fingerprint density at radius 3 is 2.38 bits per heavy atom. The van der Waals surface area contributed by atoms with Crippen molar-refractivity contribution in [2.75, 3.05) is 6.54 Å². The highest BCUT2D eigenvalue weighted by Gasteiger charge is 2.58. The first kappa shape index (κ1) is 12.4. The second-order valence-electron chi connectivity index (χ2n) is 6.05. The molecule has 0 amide bonds. The first-order valence-corrected chi connectivity index (χ1v) is 7.04. The molecule has 0 aromatic carbocycles. The molecule has 0 saturated heterocycles. The molecule has 94 valence electrons. The van der Waals surface area contributed by atoms with E-state index in [4.69, 9.17) is 5.73 Å². The molecule has 2 nitrogen and oxygen atoms in total. The highest BCUT2D eigenvalue weighted by Crippen LogP contribution is 2.58. The summed E-state index contributed by atoms with van der Waals surface area (Å²) in [6.07, 6.45) is 8.11. The first-order chi connectivity index (χ1) is 7.62. The van der Waals surface area contributed by atoms with Crippen molar-refractivity contribution in [1.29, 1.82) is 0 Å². The molecule has 16 heavy (non-hydrogen) atoms. The topological polar surface area (TPSA) is 46.2 Å². The molecule has 0 spiro atoms. The van der Waals surface area contributed by atoms with Gasteiger partial charge in [0.25, 0.3) is 0 Å². The average Bonchev–Trinajstić information content (AvgIpc) is 3.08. The van der Waals surface area contributed by atoms with Crippen LogP contribution in [0.1, 0.15) is 58.8 Å². The van der Waals surface area contributed by atoms with Crippen molar-refractivity contribution in [3.8, 4) is 0 Å². The van der Waals surface area contributed by atoms with Crippen LogP contribution in [0.15, 0.2) is 0 Å². The van der Waals surface area contributed by atoms with Crippen molar-refractivity contribution >= 4 is 0 Å². The Balaban J connectivity index is 2.20. The van der Waals surface area contributed by atoms with E-state index in [1.807, 2.05) is 0 Å². The van der Waals surface area contributed by atoms with Crippen molar-refractivity contribution in [3.63, 3.8) is 0 Å². The highest BCUT2D eigenvalue weighted by atomic mass is 16.3. The standard InChI is InChI=1S/C14H27NO/c1-3-11-7-8-13(9-11,10-15)14(16,4-2)12-5-6-12/h11-12,16H,3-10,15H2,1-2H3. The van der Waals surface area contributed by atoms with Gasteiger partial charge in [-0.05, 0) is 50.4 Å². The maximum atomic E-state index is 11.0. The van der Waals surface area contributed by atoms with E-state index >= 15 is 0 Å². The lowest BCUT2D eigenvalue weighted by molar-refractivity contribution is -0.101. The van der Waals surface area contributed by atoms with Gasteiger partial charge in [-0.15, -0.1) is 0 Å². The van der Waals surface area contributed by atoms with Gasteiger partial charge in [-0.1, -0.05) is 20.3 Å². The van der Waals surface area contributed by atoms with E-state index < -0.39 is 5.60 Å². The maximum Gasteiger partial charge on any atom is 0.0741 e. The Labute approximate surface area is 99.6 Å². The Hall–Kier alpha value is -0.0800. The lowest BCUT2D eigenvalue weighted by Gasteiger charge is -2.45.